The topological polar surface area (TPSA) is 68.2 Å². The molecule has 0 saturated carbocycles. The van der Waals surface area contributed by atoms with Gasteiger partial charge in [-0.15, -0.1) is 0 Å². The summed E-state index contributed by atoms with van der Waals surface area (Å²) in [5.74, 6) is 1.05. The quantitative estimate of drug-likeness (QED) is 0.853. The number of hydrogen-bond donors (Lipinski definition) is 1. The monoisotopic (exact) mass is 316 g/mol. The largest absolute Gasteiger partial charge is 0.351 e. The van der Waals surface area contributed by atoms with Gasteiger partial charge in [0.1, 0.15) is 6.04 Å². The van der Waals surface area contributed by atoms with Crippen molar-refractivity contribution in [1.82, 2.24) is 9.88 Å². The number of nitrogens with one attached hydrogen (secondary N) is 1. The van der Waals surface area contributed by atoms with Crippen molar-refractivity contribution in [3.8, 4) is 0 Å². The van der Waals surface area contributed by atoms with Gasteiger partial charge in [-0.05, 0) is 37.0 Å². The average Bonchev–Trinajstić information content (AvgIpc) is 3.00. The van der Waals surface area contributed by atoms with Crippen molar-refractivity contribution in [3.05, 3.63) is 24.5 Å². The van der Waals surface area contributed by atoms with Crippen LogP contribution in [-0.2, 0) is 14.6 Å². The van der Waals surface area contributed by atoms with Gasteiger partial charge in [-0.3, -0.25) is 4.79 Å². The van der Waals surface area contributed by atoms with Crippen LogP contribution in [0.25, 0.3) is 0 Å². The fourth-order valence-corrected chi connectivity index (χ4v) is 4.54. The number of hydrogen-bond acceptors (Lipinski definition) is 4. The highest BCUT2D eigenvalue weighted by Gasteiger charge is 2.30. The van der Waals surface area contributed by atoms with E-state index in [0.29, 0.717) is 6.42 Å². The van der Waals surface area contributed by atoms with Crippen LogP contribution in [-0.4, -0.2) is 48.4 Å². The molecule has 0 aromatic carbocycles. The average molecular weight is 316 g/mol. The summed E-state index contributed by atoms with van der Waals surface area (Å²) in [4.78, 5) is 12.4. The number of sulfone groups is 1. The van der Waals surface area contributed by atoms with Crippen LogP contribution >= 0.6 is 11.8 Å². The molecule has 0 bridgehead atoms. The first-order chi connectivity index (χ1) is 9.52. The number of carbonyl (C=O) groups is 1. The second-order valence-corrected chi connectivity index (χ2v) is 8.25. The SMILES string of the molecule is CSCC[C@H](C(=O)NC1CCS(=O)(=O)C1)n1cccc1. The van der Waals surface area contributed by atoms with E-state index in [0.717, 1.165) is 12.2 Å². The molecule has 1 aliphatic rings. The molecule has 5 nitrogen and oxygen atoms in total. The van der Waals surface area contributed by atoms with Crippen LogP contribution in [0.5, 0.6) is 0 Å². The van der Waals surface area contributed by atoms with Crippen molar-refractivity contribution in [1.29, 1.82) is 0 Å². The van der Waals surface area contributed by atoms with E-state index in [-0.39, 0.29) is 29.5 Å². The number of rotatable bonds is 6. The number of aromatic nitrogens is 1. The lowest BCUT2D eigenvalue weighted by Gasteiger charge is -2.20. The van der Waals surface area contributed by atoms with E-state index in [2.05, 4.69) is 5.32 Å². The maximum Gasteiger partial charge on any atom is 0.243 e. The van der Waals surface area contributed by atoms with Crippen LogP contribution in [0.15, 0.2) is 24.5 Å². The first kappa shape index (κ1) is 15.4. The highest BCUT2D eigenvalue weighted by Crippen LogP contribution is 2.17. The molecule has 1 amide bonds. The van der Waals surface area contributed by atoms with Gasteiger partial charge in [0.25, 0.3) is 0 Å². The van der Waals surface area contributed by atoms with E-state index in [1.807, 2.05) is 35.3 Å². The first-order valence-electron chi connectivity index (χ1n) is 6.64. The van der Waals surface area contributed by atoms with E-state index in [1.54, 1.807) is 11.8 Å². The van der Waals surface area contributed by atoms with E-state index < -0.39 is 9.84 Å². The second kappa shape index (κ2) is 6.67. The number of thioether (sulfide) groups is 1. The lowest BCUT2D eigenvalue weighted by atomic mass is 10.2. The molecule has 0 spiro atoms. The number of amides is 1. The molecule has 1 fully saturated rings. The van der Waals surface area contributed by atoms with Gasteiger partial charge in [-0.1, -0.05) is 0 Å². The molecule has 1 unspecified atom stereocenters. The Labute approximate surface area is 124 Å². The molecule has 0 radical (unpaired) electrons. The van der Waals surface area contributed by atoms with Crippen LogP contribution in [0.3, 0.4) is 0 Å². The fourth-order valence-electron chi connectivity index (χ4n) is 2.41. The Morgan fingerprint density at radius 1 is 1.45 bits per heavy atom. The van der Waals surface area contributed by atoms with Crippen molar-refractivity contribution in [2.75, 3.05) is 23.5 Å². The maximum absolute atomic E-state index is 12.4. The Kier molecular flexibility index (Phi) is 5.15. The highest BCUT2D eigenvalue weighted by molar-refractivity contribution is 7.98. The minimum atomic E-state index is -2.96. The van der Waals surface area contributed by atoms with Crippen molar-refractivity contribution in [2.24, 2.45) is 0 Å². The van der Waals surface area contributed by atoms with Crippen molar-refractivity contribution >= 4 is 27.5 Å². The van der Waals surface area contributed by atoms with Gasteiger partial charge in [0, 0.05) is 18.4 Å². The highest BCUT2D eigenvalue weighted by atomic mass is 32.2. The van der Waals surface area contributed by atoms with Gasteiger partial charge in [-0.2, -0.15) is 11.8 Å². The lowest BCUT2D eigenvalue weighted by molar-refractivity contribution is -0.125. The van der Waals surface area contributed by atoms with Gasteiger partial charge in [-0.25, -0.2) is 8.42 Å². The molecule has 1 aromatic rings. The first-order valence-corrected chi connectivity index (χ1v) is 9.85. The maximum atomic E-state index is 12.4. The van der Waals surface area contributed by atoms with Crippen molar-refractivity contribution < 1.29 is 13.2 Å². The van der Waals surface area contributed by atoms with Crippen LogP contribution < -0.4 is 5.32 Å². The molecule has 0 aliphatic carbocycles. The normalized spacial score (nSPS) is 22.6. The van der Waals surface area contributed by atoms with E-state index in [4.69, 9.17) is 0 Å². The molecule has 20 heavy (non-hydrogen) atoms. The predicted octanol–water partition coefficient (Wildman–Crippen LogP) is 1.09. The minimum Gasteiger partial charge on any atom is -0.351 e. The Morgan fingerprint density at radius 2 is 2.15 bits per heavy atom. The fraction of sp³-hybridized carbons (Fsp3) is 0.615. The van der Waals surface area contributed by atoms with E-state index in [9.17, 15) is 13.2 Å². The van der Waals surface area contributed by atoms with Gasteiger partial charge < -0.3 is 9.88 Å². The summed E-state index contributed by atoms with van der Waals surface area (Å²) in [5.41, 5.74) is 0. The standard InChI is InChI=1S/C13H20N2O3S2/c1-19-8-4-12(15-6-2-3-7-15)13(16)14-11-5-9-20(17,18)10-11/h2-3,6-7,11-12H,4-5,8-10H2,1H3,(H,14,16)/t11?,12-/m1/s1. The van der Waals surface area contributed by atoms with Crippen molar-refractivity contribution in [2.45, 2.75) is 24.9 Å². The van der Waals surface area contributed by atoms with Crippen LogP contribution in [0, 0.1) is 0 Å². The summed E-state index contributed by atoms with van der Waals surface area (Å²) in [6, 6.07) is 3.28. The van der Waals surface area contributed by atoms with E-state index >= 15 is 0 Å². The minimum absolute atomic E-state index is 0.0691. The van der Waals surface area contributed by atoms with Crippen LogP contribution in [0.2, 0.25) is 0 Å². The zero-order valence-corrected chi connectivity index (χ0v) is 13.1. The molecule has 112 valence electrons. The predicted molar refractivity (Wildman–Crippen MR) is 81.7 cm³/mol. The summed E-state index contributed by atoms with van der Waals surface area (Å²) in [6.45, 7) is 0. The molecule has 2 heterocycles. The van der Waals surface area contributed by atoms with Gasteiger partial charge in [0.05, 0.1) is 11.5 Å². The van der Waals surface area contributed by atoms with Gasteiger partial charge >= 0.3 is 0 Å². The molecule has 7 heteroatoms. The number of nitrogens with zero attached hydrogens (tertiary/aromatic N) is 1. The third-order valence-electron chi connectivity index (χ3n) is 3.46. The molecule has 2 rings (SSSR count). The summed E-state index contributed by atoms with van der Waals surface area (Å²) in [7, 11) is -2.96. The van der Waals surface area contributed by atoms with Crippen LogP contribution in [0.4, 0.5) is 0 Å². The van der Waals surface area contributed by atoms with Gasteiger partial charge in [0.15, 0.2) is 9.84 Å². The summed E-state index contributed by atoms with van der Waals surface area (Å²) >= 11 is 1.70. The summed E-state index contributed by atoms with van der Waals surface area (Å²) < 4.78 is 24.8. The smallest absolute Gasteiger partial charge is 0.243 e. The third kappa shape index (κ3) is 4.02. The lowest BCUT2D eigenvalue weighted by Crippen LogP contribution is -2.40. The Bertz CT molecular complexity index is 540. The van der Waals surface area contributed by atoms with E-state index in [1.165, 1.54) is 0 Å². The summed E-state index contributed by atoms with van der Waals surface area (Å²) in [6.07, 6.45) is 7.01. The Hall–Kier alpha value is -0.950. The number of carbonyl (C=O) groups excluding carboxylic acids is 1. The Morgan fingerprint density at radius 3 is 2.70 bits per heavy atom. The molecule has 1 aliphatic heterocycles. The van der Waals surface area contributed by atoms with Crippen molar-refractivity contribution in [3.63, 3.8) is 0 Å². The molecule has 1 N–H and O–H groups in total. The molecular formula is C13H20N2O3S2. The molecule has 1 saturated heterocycles. The third-order valence-corrected chi connectivity index (χ3v) is 5.88. The molecule has 1 aromatic heterocycles. The molecule has 2 atom stereocenters. The summed E-state index contributed by atoms with van der Waals surface area (Å²) in [5, 5.41) is 2.88. The van der Waals surface area contributed by atoms with Crippen LogP contribution in [0.1, 0.15) is 18.9 Å². The van der Waals surface area contributed by atoms with Gasteiger partial charge in [0.2, 0.25) is 5.91 Å². The zero-order valence-electron chi connectivity index (χ0n) is 11.5. The Balaban J connectivity index is 2.00. The second-order valence-electron chi connectivity index (χ2n) is 5.04. The molecular weight excluding hydrogens is 296 g/mol. The zero-order chi connectivity index (χ0) is 14.6.